The zero-order valence-electron chi connectivity index (χ0n) is 64.7. The summed E-state index contributed by atoms with van der Waals surface area (Å²) >= 11 is 0. The van der Waals surface area contributed by atoms with Crippen LogP contribution in [0.2, 0.25) is 0 Å². The van der Waals surface area contributed by atoms with Crippen LogP contribution in [0.5, 0.6) is 69.0 Å². The SMILES string of the molecule is CC(C)(c1ccc(Oc2ccc3c(c2)C(=O)CC3=O)cc1)c1ccc(Oc2ccc3c(c2)C(=O)CC3=O)cc1.CC(c1ccc(Oc2ccc3c(c2)C(=O)CC3=O)cc1)c1ccc(Oc2ccc3c(c2)C(=O)CC3=O)cc1.O=C1CC(=O)c2cc(Oc3ccc(C(c4ccc(Oc5ccc6c(c5)C(=O)CC6=O)cc4)(C(F)(F)F)C(F)(F)F)cc3)ccc21. The van der Waals surface area contributed by atoms with Crippen LogP contribution in [-0.2, 0) is 10.8 Å². The Morgan fingerprint density at radius 1 is 0.213 bits per heavy atom. The van der Waals surface area contributed by atoms with Gasteiger partial charge in [-0.1, -0.05) is 93.6 Å². The van der Waals surface area contributed by atoms with Crippen molar-refractivity contribution < 1.29 is 112 Å². The summed E-state index contributed by atoms with van der Waals surface area (Å²) in [5, 5.41) is 0. The van der Waals surface area contributed by atoms with Gasteiger partial charge >= 0.3 is 12.4 Å². The highest BCUT2D eigenvalue weighted by atomic mass is 19.4. The smallest absolute Gasteiger partial charge is 0.411 e. The van der Waals surface area contributed by atoms with Crippen LogP contribution in [0.3, 0.4) is 0 Å². The van der Waals surface area contributed by atoms with Crippen molar-refractivity contribution in [3.8, 4) is 69.0 Å². The van der Waals surface area contributed by atoms with Gasteiger partial charge in [0.2, 0.25) is 5.41 Å². The molecule has 18 nitrogen and oxygen atoms in total. The average Bonchev–Trinajstić information content (AvgIpc) is 0.947. The summed E-state index contributed by atoms with van der Waals surface area (Å²) in [6.07, 6.45) is -12.6. The number of ether oxygens (including phenoxy) is 6. The summed E-state index contributed by atoms with van der Waals surface area (Å²) in [5.74, 6) is 1.77. The highest BCUT2D eigenvalue weighted by molar-refractivity contribution is 6.28. The van der Waals surface area contributed by atoms with Crippen molar-refractivity contribution in [1.29, 1.82) is 0 Å². The molecule has 12 aromatic rings. The molecule has 0 bridgehead atoms. The summed E-state index contributed by atoms with van der Waals surface area (Å²) < 4.78 is 123. The summed E-state index contributed by atoms with van der Waals surface area (Å²) in [6.45, 7) is 6.37. The van der Waals surface area contributed by atoms with Crippen molar-refractivity contribution in [2.75, 3.05) is 0 Å². The van der Waals surface area contributed by atoms with E-state index in [2.05, 4.69) is 20.8 Å². The van der Waals surface area contributed by atoms with E-state index < -0.39 is 40.5 Å². The number of ketones is 12. The number of carbonyl (C=O) groups is 12. The van der Waals surface area contributed by atoms with Gasteiger partial charge in [0.1, 0.15) is 69.0 Å². The first-order valence-corrected chi connectivity index (χ1v) is 38.3. The third-order valence-electron chi connectivity index (χ3n) is 22.2. The van der Waals surface area contributed by atoms with Gasteiger partial charge in [0.25, 0.3) is 0 Å². The highest BCUT2D eigenvalue weighted by Gasteiger charge is 2.72. The van der Waals surface area contributed by atoms with Gasteiger partial charge < -0.3 is 28.4 Å². The van der Waals surface area contributed by atoms with Gasteiger partial charge in [0.15, 0.2) is 69.4 Å². The van der Waals surface area contributed by atoms with Gasteiger partial charge in [-0.05, 0) is 215 Å². The third-order valence-corrected chi connectivity index (χ3v) is 22.2. The molecule has 606 valence electrons. The lowest BCUT2D eigenvalue weighted by atomic mass is 9.73. The van der Waals surface area contributed by atoms with E-state index in [4.69, 9.17) is 28.4 Å². The molecule has 0 amide bonds. The number of hydrogen-bond donors (Lipinski definition) is 0. The molecular formula is C98H64F6O18. The number of carbonyl (C=O) groups excluding carboxylic acids is 12. The van der Waals surface area contributed by atoms with Crippen LogP contribution in [0.1, 0.15) is 223 Å². The number of hydrogen-bond acceptors (Lipinski definition) is 18. The molecule has 24 heteroatoms. The first kappa shape index (κ1) is 80.8. The molecule has 6 aliphatic carbocycles. The number of alkyl halides is 6. The molecule has 0 radical (unpaired) electrons. The molecule has 0 unspecified atom stereocenters. The van der Waals surface area contributed by atoms with Gasteiger partial charge in [0.05, 0.1) is 38.5 Å². The second-order valence-corrected chi connectivity index (χ2v) is 30.3. The van der Waals surface area contributed by atoms with E-state index in [1.54, 1.807) is 72.8 Å². The van der Waals surface area contributed by atoms with E-state index in [1.165, 1.54) is 36.4 Å². The fourth-order valence-corrected chi connectivity index (χ4v) is 15.6. The predicted octanol–water partition coefficient (Wildman–Crippen LogP) is 22.3. The second-order valence-electron chi connectivity index (χ2n) is 30.3. The monoisotopic (exact) mass is 1640 g/mol. The van der Waals surface area contributed by atoms with Gasteiger partial charge in [-0.2, -0.15) is 26.3 Å². The van der Waals surface area contributed by atoms with Gasteiger partial charge in [-0.3, -0.25) is 57.5 Å². The summed E-state index contributed by atoms with van der Waals surface area (Å²) in [5.41, 5.74) is 1.54. The average molecular weight is 1640 g/mol. The van der Waals surface area contributed by atoms with Gasteiger partial charge in [-0.15, -0.1) is 0 Å². The Bertz CT molecular complexity index is 6050. The second kappa shape index (κ2) is 31.7. The molecule has 122 heavy (non-hydrogen) atoms. The van der Waals surface area contributed by atoms with Crippen LogP contribution >= 0.6 is 0 Å². The molecule has 0 aromatic heterocycles. The van der Waals surface area contributed by atoms with Crippen molar-refractivity contribution in [2.24, 2.45) is 0 Å². The maximum atomic E-state index is 14.6. The molecule has 0 saturated carbocycles. The fraction of sp³-hybridized carbons (Fsp3) is 0.143. The van der Waals surface area contributed by atoms with Gasteiger partial charge in [0, 0.05) is 78.1 Å². The molecule has 0 aliphatic heterocycles. The van der Waals surface area contributed by atoms with E-state index in [9.17, 15) is 83.9 Å². The van der Waals surface area contributed by atoms with Crippen LogP contribution in [0.25, 0.3) is 0 Å². The zero-order chi connectivity index (χ0) is 86.0. The highest BCUT2D eigenvalue weighted by Crippen LogP contribution is 2.57. The number of halogens is 6. The fourth-order valence-electron chi connectivity index (χ4n) is 15.6. The quantitative estimate of drug-likeness (QED) is 0.0571. The molecule has 0 spiro atoms. The number of fused-ring (bicyclic) bond motifs is 6. The topological polar surface area (TPSA) is 260 Å². The first-order valence-electron chi connectivity index (χ1n) is 38.3. The Morgan fingerprint density at radius 2 is 0.369 bits per heavy atom. The lowest BCUT2D eigenvalue weighted by molar-refractivity contribution is -0.288. The normalized spacial score (nSPS) is 14.5. The van der Waals surface area contributed by atoms with Crippen LogP contribution in [0.15, 0.2) is 255 Å². The number of Topliss-reactive ketones (excluding diaryl/α,β-unsaturated/α-hetero) is 12. The van der Waals surface area contributed by atoms with Crippen LogP contribution < -0.4 is 28.4 Å². The van der Waals surface area contributed by atoms with E-state index in [1.807, 2.05) is 97.1 Å². The van der Waals surface area contributed by atoms with Crippen molar-refractivity contribution in [3.63, 3.8) is 0 Å². The van der Waals surface area contributed by atoms with Crippen molar-refractivity contribution in [1.82, 2.24) is 0 Å². The molecule has 6 aliphatic rings. The third kappa shape index (κ3) is 15.7. The van der Waals surface area contributed by atoms with Crippen LogP contribution in [-0.4, -0.2) is 81.8 Å². The minimum atomic E-state index is -5.84. The zero-order valence-corrected chi connectivity index (χ0v) is 64.7. The van der Waals surface area contributed by atoms with E-state index in [0.717, 1.165) is 46.5 Å². The minimum absolute atomic E-state index is 0.0670. The Labute approximate surface area is 690 Å². The first-order chi connectivity index (χ1) is 58.2. The van der Waals surface area contributed by atoms with E-state index in [0.29, 0.717) is 115 Å². The molecule has 0 fully saturated rings. The lowest BCUT2D eigenvalue weighted by Gasteiger charge is -2.38. The van der Waals surface area contributed by atoms with Crippen LogP contribution in [0.4, 0.5) is 26.3 Å². The summed E-state index contributed by atoms with van der Waals surface area (Å²) in [6, 6.07) is 65.4. The molecule has 18 rings (SSSR count). The van der Waals surface area contributed by atoms with E-state index in [-0.39, 0.29) is 153 Å². The largest absolute Gasteiger partial charge is 0.457 e. The van der Waals surface area contributed by atoms with Crippen molar-refractivity contribution in [2.45, 2.75) is 88.4 Å². The van der Waals surface area contributed by atoms with Crippen LogP contribution in [0, 0.1) is 0 Å². The standard InChI is InChI=1S/C33H18F6O6.C33H24O6.C32H22O6/c34-32(35,36)31(33(37,38)39,17-1-5-19(6-2-17)44-21-9-11-23-25(13-21)29(42)15-27(23)40)18-3-7-20(8-4-18)45-22-10-12-24-26(14-22)30(43)16-28(24)41;1-33(2,19-3-7-21(8-4-19)38-23-11-13-25-27(15-23)31(36)17-29(25)34)20-5-9-22(10-6-20)39-24-12-14-26-28(16-24)32(37)18-30(26)35;1-18(19-2-6-21(7-3-19)37-23-10-12-25-27(14-23)31(35)16-29(25)33)20-4-8-22(9-5-20)38-24-11-13-26-28(15-24)32(36)17-30(26)34/h1-14H,15-16H2;3-16H,17-18H2,1-2H3;2-15,18H,16-17H2,1H3. The molecule has 0 heterocycles. The molecular weight excluding hydrogens is 1580 g/mol. The molecule has 0 N–H and O–H groups in total. The van der Waals surface area contributed by atoms with Gasteiger partial charge in [-0.25, -0.2) is 0 Å². The lowest BCUT2D eigenvalue weighted by Crippen LogP contribution is -2.54. The Morgan fingerprint density at radius 3 is 0.549 bits per heavy atom. The molecule has 0 saturated heterocycles. The maximum absolute atomic E-state index is 14.6. The number of rotatable bonds is 18. The summed E-state index contributed by atoms with van der Waals surface area (Å²) in [4.78, 5) is 143. The Hall–Kier alpha value is -14.9. The maximum Gasteiger partial charge on any atom is 0.411 e. The van der Waals surface area contributed by atoms with Crippen molar-refractivity contribution in [3.05, 3.63) is 355 Å². The van der Waals surface area contributed by atoms with E-state index >= 15 is 0 Å². The summed E-state index contributed by atoms with van der Waals surface area (Å²) in [7, 11) is 0. The minimum Gasteiger partial charge on any atom is -0.457 e. The van der Waals surface area contributed by atoms with Crippen molar-refractivity contribution >= 4 is 69.4 Å². The Kier molecular flexibility index (Phi) is 21.0. The molecule has 0 atom stereocenters. The molecule has 12 aromatic carbocycles. The Balaban J connectivity index is 0.000000136. The predicted molar refractivity (Wildman–Crippen MR) is 430 cm³/mol. The number of benzene rings is 12.